The lowest BCUT2D eigenvalue weighted by Crippen LogP contribution is -2.48. The van der Waals surface area contributed by atoms with E-state index < -0.39 is 12.2 Å². The number of ether oxygens (including phenoxy) is 3. The molecule has 1 aliphatic heterocycles. The summed E-state index contributed by atoms with van der Waals surface area (Å²) in [5.41, 5.74) is 0.953. The smallest absolute Gasteiger partial charge is 0.407 e. The molecule has 1 aromatic rings. The minimum atomic E-state index is -1.03. The molecule has 1 fully saturated rings. The van der Waals surface area contributed by atoms with E-state index in [1.165, 1.54) is 0 Å². The summed E-state index contributed by atoms with van der Waals surface area (Å²) in [5, 5.41) is 13.4. The van der Waals surface area contributed by atoms with Crippen molar-refractivity contribution in [2.45, 2.75) is 6.61 Å². The number of carbonyl (C=O) groups is 2. The highest BCUT2D eigenvalue weighted by Crippen LogP contribution is 2.02. The molecule has 0 aliphatic carbocycles. The molecule has 2 amide bonds. The summed E-state index contributed by atoms with van der Waals surface area (Å²) < 4.78 is 16.2. The zero-order valence-corrected chi connectivity index (χ0v) is 18.0. The van der Waals surface area contributed by atoms with E-state index in [2.05, 4.69) is 20.4 Å². The first-order chi connectivity index (χ1) is 15.1. The first kappa shape index (κ1) is 24.9. The molecular formula is C21H34N4O6. The summed E-state index contributed by atoms with van der Waals surface area (Å²) in [4.78, 5) is 26.7. The van der Waals surface area contributed by atoms with Crippen LogP contribution in [0.15, 0.2) is 30.3 Å². The van der Waals surface area contributed by atoms with Gasteiger partial charge in [-0.05, 0) is 5.56 Å². The van der Waals surface area contributed by atoms with E-state index in [9.17, 15) is 9.59 Å². The molecule has 1 saturated heterocycles. The molecule has 0 atom stereocenters. The maximum absolute atomic E-state index is 11.6. The Kier molecular flexibility index (Phi) is 12.4. The van der Waals surface area contributed by atoms with Gasteiger partial charge in [0.1, 0.15) is 6.61 Å². The van der Waals surface area contributed by atoms with Gasteiger partial charge in [0, 0.05) is 52.4 Å². The van der Waals surface area contributed by atoms with E-state index >= 15 is 0 Å². The molecule has 1 aromatic carbocycles. The summed E-state index contributed by atoms with van der Waals surface area (Å²) in [6.45, 7) is 8.69. The zero-order valence-electron chi connectivity index (χ0n) is 18.0. The van der Waals surface area contributed by atoms with Crippen molar-refractivity contribution in [3.63, 3.8) is 0 Å². The number of alkyl carbamates (subject to hydrolysis) is 1. The molecule has 10 nitrogen and oxygen atoms in total. The first-order valence-electron chi connectivity index (χ1n) is 10.6. The summed E-state index contributed by atoms with van der Waals surface area (Å²) in [5.74, 6) is 0. The van der Waals surface area contributed by atoms with Gasteiger partial charge in [0.05, 0.1) is 26.4 Å². The molecule has 0 aromatic heterocycles. The molecular weight excluding hydrogens is 404 g/mol. The van der Waals surface area contributed by atoms with Crippen molar-refractivity contribution < 1.29 is 28.9 Å². The van der Waals surface area contributed by atoms with Gasteiger partial charge in [-0.15, -0.1) is 0 Å². The Morgan fingerprint density at radius 1 is 0.839 bits per heavy atom. The molecule has 1 heterocycles. The van der Waals surface area contributed by atoms with E-state index in [4.69, 9.17) is 19.3 Å². The highest BCUT2D eigenvalue weighted by atomic mass is 16.5. The lowest BCUT2D eigenvalue weighted by atomic mass is 10.2. The standard InChI is InChI=1S/C21H34N4O6/c26-20(27)22-6-14-29-16-12-24-8-10-25(11-9-24)13-17-30-15-7-23-21(28)31-18-19-4-2-1-3-5-19/h1-5,22H,6-18H2,(H,23,28)(H,26,27). The minimum absolute atomic E-state index is 0.258. The number of hydrogen-bond acceptors (Lipinski definition) is 7. The maximum atomic E-state index is 11.6. The van der Waals surface area contributed by atoms with Gasteiger partial charge in [-0.3, -0.25) is 9.80 Å². The summed E-state index contributed by atoms with van der Waals surface area (Å²) >= 11 is 0. The molecule has 0 radical (unpaired) electrons. The van der Waals surface area contributed by atoms with E-state index in [1.54, 1.807) is 0 Å². The van der Waals surface area contributed by atoms with Crippen LogP contribution in [0.3, 0.4) is 0 Å². The fraction of sp³-hybridized carbons (Fsp3) is 0.619. The predicted molar refractivity (Wildman–Crippen MR) is 115 cm³/mol. The highest BCUT2D eigenvalue weighted by Gasteiger charge is 2.16. The van der Waals surface area contributed by atoms with Crippen molar-refractivity contribution in [3.05, 3.63) is 35.9 Å². The fourth-order valence-electron chi connectivity index (χ4n) is 3.06. The second-order valence-corrected chi connectivity index (χ2v) is 7.13. The average molecular weight is 439 g/mol. The third kappa shape index (κ3) is 12.1. The molecule has 0 saturated carbocycles. The van der Waals surface area contributed by atoms with Crippen molar-refractivity contribution in [1.82, 2.24) is 20.4 Å². The fourth-order valence-corrected chi connectivity index (χ4v) is 3.06. The second-order valence-electron chi connectivity index (χ2n) is 7.13. The second kappa shape index (κ2) is 15.4. The zero-order chi connectivity index (χ0) is 22.2. The Morgan fingerprint density at radius 2 is 1.39 bits per heavy atom. The van der Waals surface area contributed by atoms with E-state index in [1.807, 2.05) is 30.3 Å². The van der Waals surface area contributed by atoms with Crippen LogP contribution in [0, 0.1) is 0 Å². The van der Waals surface area contributed by atoms with Gasteiger partial charge in [0.2, 0.25) is 0 Å². The third-order valence-corrected chi connectivity index (χ3v) is 4.82. The van der Waals surface area contributed by atoms with Crippen molar-refractivity contribution in [1.29, 1.82) is 0 Å². The quantitative estimate of drug-likeness (QED) is 0.366. The molecule has 31 heavy (non-hydrogen) atoms. The Balaban J connectivity index is 1.38. The first-order valence-corrected chi connectivity index (χ1v) is 10.6. The summed E-state index contributed by atoms with van der Waals surface area (Å²) in [6.07, 6.45) is -1.47. The van der Waals surface area contributed by atoms with Crippen LogP contribution in [-0.2, 0) is 20.8 Å². The van der Waals surface area contributed by atoms with Crippen molar-refractivity contribution in [3.8, 4) is 0 Å². The highest BCUT2D eigenvalue weighted by molar-refractivity contribution is 5.67. The van der Waals surface area contributed by atoms with Crippen LogP contribution in [0.2, 0.25) is 0 Å². The SMILES string of the molecule is O=C(O)NCCOCCN1CCN(CCOCCNC(=O)OCc2ccccc2)CC1. The Labute approximate surface area is 183 Å². The molecule has 0 spiro atoms. The van der Waals surface area contributed by atoms with Crippen LogP contribution in [-0.4, -0.2) is 106 Å². The number of nitrogens with one attached hydrogen (secondary N) is 2. The van der Waals surface area contributed by atoms with Crippen molar-refractivity contribution >= 4 is 12.2 Å². The van der Waals surface area contributed by atoms with Gasteiger partial charge in [0.25, 0.3) is 0 Å². The number of nitrogens with zero attached hydrogens (tertiary/aromatic N) is 2. The largest absolute Gasteiger partial charge is 0.465 e. The molecule has 0 unspecified atom stereocenters. The third-order valence-electron chi connectivity index (χ3n) is 4.82. The van der Waals surface area contributed by atoms with Crippen LogP contribution in [0.4, 0.5) is 9.59 Å². The number of carbonyl (C=O) groups excluding carboxylic acids is 1. The molecule has 0 bridgehead atoms. The van der Waals surface area contributed by atoms with Crippen LogP contribution < -0.4 is 10.6 Å². The number of hydrogen-bond donors (Lipinski definition) is 3. The number of piperazine rings is 1. The number of amides is 2. The number of benzene rings is 1. The van der Waals surface area contributed by atoms with Gasteiger partial charge in [0.15, 0.2) is 0 Å². The number of carboxylic acid groups (broad SMARTS) is 1. The topological polar surface area (TPSA) is 113 Å². The summed E-state index contributed by atoms with van der Waals surface area (Å²) in [7, 11) is 0. The maximum Gasteiger partial charge on any atom is 0.407 e. The monoisotopic (exact) mass is 438 g/mol. The van der Waals surface area contributed by atoms with Gasteiger partial charge in [-0.25, -0.2) is 9.59 Å². The van der Waals surface area contributed by atoms with Crippen LogP contribution in [0.1, 0.15) is 5.56 Å². The molecule has 174 valence electrons. The normalized spacial score (nSPS) is 14.8. The molecule has 10 heteroatoms. The van der Waals surface area contributed by atoms with E-state index in [0.29, 0.717) is 39.5 Å². The van der Waals surface area contributed by atoms with Crippen molar-refractivity contribution in [2.75, 3.05) is 78.8 Å². The Morgan fingerprint density at radius 3 is 1.94 bits per heavy atom. The van der Waals surface area contributed by atoms with Gasteiger partial charge in [-0.2, -0.15) is 0 Å². The van der Waals surface area contributed by atoms with Crippen molar-refractivity contribution in [2.24, 2.45) is 0 Å². The van der Waals surface area contributed by atoms with E-state index in [-0.39, 0.29) is 6.61 Å². The molecule has 2 rings (SSSR count). The average Bonchev–Trinajstić information content (AvgIpc) is 2.78. The van der Waals surface area contributed by atoms with Gasteiger partial charge in [-0.1, -0.05) is 30.3 Å². The van der Waals surface area contributed by atoms with Gasteiger partial charge < -0.3 is 30.0 Å². The Bertz CT molecular complexity index is 626. The predicted octanol–water partition coefficient (Wildman–Crippen LogP) is 0.831. The lowest BCUT2D eigenvalue weighted by molar-refractivity contribution is 0.0574. The number of rotatable bonds is 14. The van der Waals surface area contributed by atoms with Gasteiger partial charge >= 0.3 is 12.2 Å². The minimum Gasteiger partial charge on any atom is -0.465 e. The Hall–Kier alpha value is -2.40. The lowest BCUT2D eigenvalue weighted by Gasteiger charge is -2.34. The van der Waals surface area contributed by atoms with Crippen LogP contribution >= 0.6 is 0 Å². The van der Waals surface area contributed by atoms with E-state index in [0.717, 1.165) is 44.8 Å². The van der Waals surface area contributed by atoms with Crippen LogP contribution in [0.25, 0.3) is 0 Å². The molecule has 1 aliphatic rings. The molecule has 3 N–H and O–H groups in total. The summed E-state index contributed by atoms with van der Waals surface area (Å²) in [6, 6.07) is 9.55. The van der Waals surface area contributed by atoms with Crippen LogP contribution in [0.5, 0.6) is 0 Å².